The number of aromatic nitrogens is 1. The van der Waals surface area contributed by atoms with Crippen LogP contribution >= 0.6 is 0 Å². The number of unbranched alkanes of at least 4 members (excludes halogenated alkanes) is 2. The van der Waals surface area contributed by atoms with Gasteiger partial charge in [0, 0.05) is 19.1 Å². The molecule has 5 heteroatoms. The summed E-state index contributed by atoms with van der Waals surface area (Å²) in [4.78, 5) is 16.4. The Kier molecular flexibility index (Phi) is 8.65. The van der Waals surface area contributed by atoms with Gasteiger partial charge in [0.1, 0.15) is 11.4 Å². The van der Waals surface area contributed by atoms with Crippen LogP contribution in [0.1, 0.15) is 65.2 Å². The number of esters is 1. The van der Waals surface area contributed by atoms with E-state index >= 15 is 0 Å². The summed E-state index contributed by atoms with van der Waals surface area (Å²) in [6.07, 6.45) is 3.04. The fourth-order valence-electron chi connectivity index (χ4n) is 2.84. The van der Waals surface area contributed by atoms with E-state index in [1.165, 1.54) is 0 Å². The summed E-state index contributed by atoms with van der Waals surface area (Å²) in [7, 11) is 1.68. The topological polar surface area (TPSA) is 57.7 Å². The zero-order valence-corrected chi connectivity index (χ0v) is 18.2. The number of carbonyl (C=O) groups excluding carboxylic acids is 1. The number of carbonyl (C=O) groups is 1. The van der Waals surface area contributed by atoms with Gasteiger partial charge in [-0.2, -0.15) is 0 Å². The highest BCUT2D eigenvalue weighted by Gasteiger charge is 2.15. The number of nitrogens with zero attached hydrogens (tertiary/aromatic N) is 1. The first-order chi connectivity index (χ1) is 13.8. The lowest BCUT2D eigenvalue weighted by atomic mass is 10.1. The average Bonchev–Trinajstić information content (AvgIpc) is 2.69. The molecular formula is C24H33NO4. The van der Waals surface area contributed by atoms with Crippen molar-refractivity contribution < 1.29 is 19.0 Å². The third-order valence-electron chi connectivity index (χ3n) is 4.38. The average molecular weight is 400 g/mol. The molecule has 1 heterocycles. The molecule has 0 N–H and O–H groups in total. The van der Waals surface area contributed by atoms with Gasteiger partial charge in [0.25, 0.3) is 0 Å². The number of methoxy groups -OCH3 is 1. The minimum atomic E-state index is -0.415. The molecule has 2 aromatic rings. The number of hydrogen-bond acceptors (Lipinski definition) is 5. The largest absolute Gasteiger partial charge is 0.494 e. The minimum Gasteiger partial charge on any atom is -0.494 e. The second kappa shape index (κ2) is 11.0. The van der Waals surface area contributed by atoms with Crippen molar-refractivity contribution in [3.63, 3.8) is 0 Å². The van der Waals surface area contributed by atoms with Gasteiger partial charge in [0.05, 0.1) is 24.1 Å². The van der Waals surface area contributed by atoms with Crippen molar-refractivity contribution in [2.24, 2.45) is 0 Å². The fraction of sp³-hybridized carbons (Fsp3) is 0.500. The molecule has 0 saturated carbocycles. The van der Waals surface area contributed by atoms with Gasteiger partial charge in [-0.15, -0.1) is 0 Å². The van der Waals surface area contributed by atoms with Crippen LogP contribution in [0.25, 0.3) is 11.3 Å². The Hall–Kier alpha value is -2.40. The molecule has 1 unspecified atom stereocenters. The van der Waals surface area contributed by atoms with Gasteiger partial charge in [-0.1, -0.05) is 18.2 Å². The van der Waals surface area contributed by atoms with Gasteiger partial charge in [-0.25, -0.2) is 0 Å². The Morgan fingerprint density at radius 2 is 1.83 bits per heavy atom. The van der Waals surface area contributed by atoms with Crippen LogP contribution in [0.15, 0.2) is 42.5 Å². The van der Waals surface area contributed by atoms with Crippen molar-refractivity contribution in [1.82, 2.24) is 4.98 Å². The van der Waals surface area contributed by atoms with E-state index in [1.807, 2.05) is 70.2 Å². The highest BCUT2D eigenvalue weighted by atomic mass is 16.6. The molecule has 1 aromatic heterocycles. The Labute approximate surface area is 174 Å². The van der Waals surface area contributed by atoms with Crippen LogP contribution in [0, 0.1) is 0 Å². The Balaban J connectivity index is 1.80. The number of hydrogen-bond donors (Lipinski definition) is 0. The second-order valence-corrected chi connectivity index (χ2v) is 8.10. The number of ether oxygens (including phenoxy) is 3. The predicted molar refractivity (Wildman–Crippen MR) is 115 cm³/mol. The van der Waals surface area contributed by atoms with Crippen molar-refractivity contribution in [2.45, 2.75) is 65.1 Å². The molecule has 0 bridgehead atoms. The number of pyridine rings is 1. The number of rotatable bonds is 10. The van der Waals surface area contributed by atoms with Gasteiger partial charge in [0.2, 0.25) is 0 Å². The van der Waals surface area contributed by atoms with Crippen molar-refractivity contribution in [3.8, 4) is 17.0 Å². The molecule has 158 valence electrons. The van der Waals surface area contributed by atoms with Crippen molar-refractivity contribution in [3.05, 3.63) is 48.2 Å². The Morgan fingerprint density at radius 1 is 1.07 bits per heavy atom. The van der Waals surface area contributed by atoms with Crippen LogP contribution < -0.4 is 4.74 Å². The second-order valence-electron chi connectivity index (χ2n) is 8.10. The maximum absolute atomic E-state index is 11.7. The lowest BCUT2D eigenvalue weighted by Crippen LogP contribution is -2.23. The van der Waals surface area contributed by atoms with E-state index in [0.717, 1.165) is 42.0 Å². The summed E-state index contributed by atoms with van der Waals surface area (Å²) in [6, 6.07) is 13.9. The molecule has 0 aliphatic rings. The van der Waals surface area contributed by atoms with E-state index in [4.69, 9.17) is 19.2 Å². The van der Waals surface area contributed by atoms with E-state index < -0.39 is 5.60 Å². The minimum absolute atomic E-state index is 0.0462. The van der Waals surface area contributed by atoms with E-state index in [0.29, 0.717) is 13.0 Å². The Bertz CT molecular complexity index is 782. The Morgan fingerprint density at radius 3 is 2.55 bits per heavy atom. The van der Waals surface area contributed by atoms with Crippen LogP contribution in [0.2, 0.25) is 0 Å². The molecule has 0 aliphatic heterocycles. The molecule has 0 aliphatic carbocycles. The molecule has 0 spiro atoms. The molecular weight excluding hydrogens is 366 g/mol. The molecule has 0 radical (unpaired) electrons. The standard InChI is InChI=1S/C24H33NO4/c1-18(27-5)21-13-10-14-22(25-21)19-11-9-12-20(17-19)28-16-8-6-7-15-23(26)29-24(2,3)4/h9-14,17-18H,6-8,15-16H2,1-5H3. The highest BCUT2D eigenvalue weighted by Crippen LogP contribution is 2.24. The van der Waals surface area contributed by atoms with Gasteiger partial charge < -0.3 is 14.2 Å². The molecule has 1 atom stereocenters. The van der Waals surface area contributed by atoms with E-state index in [9.17, 15) is 4.79 Å². The monoisotopic (exact) mass is 399 g/mol. The molecule has 0 fully saturated rings. The van der Waals surface area contributed by atoms with Crippen molar-refractivity contribution >= 4 is 5.97 Å². The molecule has 29 heavy (non-hydrogen) atoms. The smallest absolute Gasteiger partial charge is 0.306 e. The van der Waals surface area contributed by atoms with E-state index in [2.05, 4.69) is 0 Å². The first kappa shape index (κ1) is 22.9. The molecule has 1 aromatic carbocycles. The third-order valence-corrected chi connectivity index (χ3v) is 4.38. The zero-order chi connectivity index (χ0) is 21.3. The van der Waals surface area contributed by atoms with Gasteiger partial charge in [-0.05, 0) is 71.2 Å². The third kappa shape index (κ3) is 8.24. The normalized spacial score (nSPS) is 12.4. The number of benzene rings is 1. The quantitative estimate of drug-likeness (QED) is 0.377. The molecule has 0 amide bonds. The van der Waals surface area contributed by atoms with Gasteiger partial charge in [0.15, 0.2) is 0 Å². The SMILES string of the molecule is COC(C)c1cccc(-c2cccc(OCCCCCC(=O)OC(C)(C)C)c2)n1. The van der Waals surface area contributed by atoms with E-state index in [-0.39, 0.29) is 12.1 Å². The van der Waals surface area contributed by atoms with Crippen LogP contribution in [0.5, 0.6) is 5.75 Å². The fourth-order valence-corrected chi connectivity index (χ4v) is 2.84. The summed E-state index contributed by atoms with van der Waals surface area (Å²) in [5.74, 6) is 0.685. The van der Waals surface area contributed by atoms with Crippen LogP contribution in [0.4, 0.5) is 0 Å². The van der Waals surface area contributed by atoms with E-state index in [1.54, 1.807) is 7.11 Å². The molecule has 5 nitrogen and oxygen atoms in total. The highest BCUT2D eigenvalue weighted by molar-refractivity contribution is 5.69. The predicted octanol–water partition coefficient (Wildman–Crippen LogP) is 5.74. The molecule has 2 rings (SSSR count). The summed E-state index contributed by atoms with van der Waals surface area (Å²) in [6.45, 7) is 8.25. The lowest BCUT2D eigenvalue weighted by molar-refractivity contribution is -0.154. The van der Waals surface area contributed by atoms with Crippen LogP contribution in [-0.2, 0) is 14.3 Å². The van der Waals surface area contributed by atoms with Gasteiger partial charge in [-0.3, -0.25) is 9.78 Å². The van der Waals surface area contributed by atoms with Gasteiger partial charge >= 0.3 is 5.97 Å². The zero-order valence-electron chi connectivity index (χ0n) is 18.2. The maximum Gasteiger partial charge on any atom is 0.306 e. The lowest BCUT2D eigenvalue weighted by Gasteiger charge is -2.19. The van der Waals surface area contributed by atoms with Crippen LogP contribution in [0.3, 0.4) is 0 Å². The first-order valence-electron chi connectivity index (χ1n) is 10.2. The summed E-state index contributed by atoms with van der Waals surface area (Å²) in [5.41, 5.74) is 2.40. The maximum atomic E-state index is 11.7. The summed E-state index contributed by atoms with van der Waals surface area (Å²) in [5, 5.41) is 0. The van der Waals surface area contributed by atoms with Crippen molar-refractivity contribution in [1.29, 1.82) is 0 Å². The first-order valence-corrected chi connectivity index (χ1v) is 10.2. The van der Waals surface area contributed by atoms with Crippen LogP contribution in [-0.4, -0.2) is 30.3 Å². The molecule has 0 saturated heterocycles. The summed E-state index contributed by atoms with van der Waals surface area (Å²) < 4.78 is 16.6. The van der Waals surface area contributed by atoms with Crippen molar-refractivity contribution in [2.75, 3.05) is 13.7 Å². The summed E-state index contributed by atoms with van der Waals surface area (Å²) >= 11 is 0.